The fraction of sp³-hybridized carbons (Fsp3) is 0.333. The fourth-order valence-electron chi connectivity index (χ4n) is 2.63. The van der Waals surface area contributed by atoms with E-state index in [1.807, 2.05) is 49.7 Å². The summed E-state index contributed by atoms with van der Waals surface area (Å²) in [6, 6.07) is 8.00. The predicted octanol–water partition coefficient (Wildman–Crippen LogP) is 3.21. The number of aryl methyl sites for hydroxylation is 3. The molecular weight excluding hydrogens is 334 g/mol. The highest BCUT2D eigenvalue weighted by Gasteiger charge is 2.17. The van der Waals surface area contributed by atoms with E-state index in [9.17, 15) is 4.79 Å². The second kappa shape index (κ2) is 6.84. The van der Waals surface area contributed by atoms with E-state index in [-0.39, 0.29) is 5.78 Å². The van der Waals surface area contributed by atoms with Crippen molar-refractivity contribution < 1.29 is 4.79 Å². The van der Waals surface area contributed by atoms with Gasteiger partial charge in [-0.05, 0) is 67.4 Å². The van der Waals surface area contributed by atoms with Gasteiger partial charge in [-0.3, -0.25) is 4.79 Å². The Kier molecular flexibility index (Phi) is 4.76. The van der Waals surface area contributed by atoms with Gasteiger partial charge in [-0.1, -0.05) is 17.8 Å². The molecule has 3 aromatic rings. The fourth-order valence-corrected chi connectivity index (χ4v) is 3.41. The van der Waals surface area contributed by atoms with Crippen molar-refractivity contribution in [1.29, 1.82) is 0 Å². The minimum atomic E-state index is 0.0841. The zero-order chi connectivity index (χ0) is 18.1. The normalized spacial score (nSPS) is 11.1. The van der Waals surface area contributed by atoms with Crippen LogP contribution in [0.2, 0.25) is 0 Å². The molecule has 0 bridgehead atoms. The Balaban J connectivity index is 1.78. The van der Waals surface area contributed by atoms with E-state index in [1.165, 1.54) is 22.9 Å². The Hall–Kier alpha value is -2.41. The van der Waals surface area contributed by atoms with Gasteiger partial charge in [-0.25, -0.2) is 0 Å². The van der Waals surface area contributed by atoms with E-state index in [1.54, 1.807) is 4.68 Å². The van der Waals surface area contributed by atoms with Crippen LogP contribution < -0.4 is 0 Å². The van der Waals surface area contributed by atoms with Crippen molar-refractivity contribution in [2.24, 2.45) is 7.05 Å². The number of rotatable bonds is 5. The first kappa shape index (κ1) is 17.4. The van der Waals surface area contributed by atoms with E-state index >= 15 is 0 Å². The SMILES string of the molecule is Cc1ccc(-n2nnnc2SCC(=O)c2cc(C)n(C)c2C)cc1C. The molecule has 0 amide bonds. The van der Waals surface area contributed by atoms with Crippen LogP contribution in [0.3, 0.4) is 0 Å². The molecule has 0 saturated heterocycles. The van der Waals surface area contributed by atoms with Crippen molar-refractivity contribution in [3.8, 4) is 5.69 Å². The van der Waals surface area contributed by atoms with Gasteiger partial charge in [0.2, 0.25) is 5.16 Å². The minimum absolute atomic E-state index is 0.0841. The number of thioether (sulfide) groups is 1. The topological polar surface area (TPSA) is 65.6 Å². The predicted molar refractivity (Wildman–Crippen MR) is 98.6 cm³/mol. The molecule has 2 aromatic heterocycles. The smallest absolute Gasteiger partial charge is 0.214 e. The molecule has 1 aromatic carbocycles. The van der Waals surface area contributed by atoms with Gasteiger partial charge < -0.3 is 4.57 Å². The van der Waals surface area contributed by atoms with Gasteiger partial charge in [0.05, 0.1) is 11.4 Å². The number of benzene rings is 1. The lowest BCUT2D eigenvalue weighted by molar-refractivity contribution is 0.102. The number of nitrogens with zero attached hydrogens (tertiary/aromatic N) is 5. The lowest BCUT2D eigenvalue weighted by Crippen LogP contribution is -2.06. The number of ketones is 1. The molecule has 0 unspecified atom stereocenters. The molecule has 0 fully saturated rings. The first-order valence-corrected chi connectivity index (χ1v) is 9.02. The standard InChI is InChI=1S/C18H21N5OS/c1-11-6-7-15(8-12(11)2)23-18(19-20-21-23)25-10-17(24)16-9-13(3)22(5)14(16)4/h6-9H,10H2,1-5H3. The molecule has 0 saturated carbocycles. The maximum absolute atomic E-state index is 12.6. The zero-order valence-electron chi connectivity index (χ0n) is 15.1. The van der Waals surface area contributed by atoms with Gasteiger partial charge in [-0.2, -0.15) is 4.68 Å². The first-order chi connectivity index (χ1) is 11.9. The quantitative estimate of drug-likeness (QED) is 0.519. The van der Waals surface area contributed by atoms with Gasteiger partial charge in [0, 0.05) is 24.0 Å². The zero-order valence-corrected chi connectivity index (χ0v) is 15.9. The molecule has 7 heteroatoms. The van der Waals surface area contributed by atoms with Crippen LogP contribution in [0.1, 0.15) is 32.9 Å². The van der Waals surface area contributed by atoms with Gasteiger partial charge in [0.15, 0.2) is 5.78 Å². The number of Topliss-reactive ketones (excluding diaryl/α,β-unsaturated/α-hetero) is 1. The molecule has 3 rings (SSSR count). The van der Waals surface area contributed by atoms with E-state index in [4.69, 9.17) is 0 Å². The average Bonchev–Trinajstić information content (AvgIpc) is 3.15. The third kappa shape index (κ3) is 3.37. The number of hydrogen-bond acceptors (Lipinski definition) is 5. The molecular formula is C18H21N5OS. The summed E-state index contributed by atoms with van der Waals surface area (Å²) in [7, 11) is 1.97. The van der Waals surface area contributed by atoms with Crippen molar-refractivity contribution >= 4 is 17.5 Å². The van der Waals surface area contributed by atoms with Crippen LogP contribution in [-0.2, 0) is 7.05 Å². The molecule has 25 heavy (non-hydrogen) atoms. The number of carbonyl (C=O) groups is 1. The lowest BCUT2D eigenvalue weighted by atomic mass is 10.1. The van der Waals surface area contributed by atoms with Crippen LogP contribution in [-0.4, -0.2) is 36.3 Å². The van der Waals surface area contributed by atoms with Gasteiger partial charge in [-0.15, -0.1) is 5.10 Å². The summed E-state index contributed by atoms with van der Waals surface area (Å²) in [6.45, 7) is 8.08. The monoisotopic (exact) mass is 355 g/mol. The number of carbonyl (C=O) groups excluding carboxylic acids is 1. The second-order valence-corrected chi connectivity index (χ2v) is 7.14. The first-order valence-electron chi connectivity index (χ1n) is 8.03. The van der Waals surface area contributed by atoms with Gasteiger partial charge >= 0.3 is 0 Å². The summed E-state index contributed by atoms with van der Waals surface area (Å²) in [4.78, 5) is 12.6. The second-order valence-electron chi connectivity index (χ2n) is 6.20. The van der Waals surface area contributed by atoms with Crippen LogP contribution in [0, 0.1) is 27.7 Å². The van der Waals surface area contributed by atoms with E-state index in [2.05, 4.69) is 29.4 Å². The Labute approximate surface area is 151 Å². The summed E-state index contributed by atoms with van der Waals surface area (Å²) in [5.41, 5.74) is 6.11. The lowest BCUT2D eigenvalue weighted by Gasteiger charge is -2.07. The highest BCUT2D eigenvalue weighted by Crippen LogP contribution is 2.22. The highest BCUT2D eigenvalue weighted by atomic mass is 32.2. The summed E-state index contributed by atoms with van der Waals surface area (Å²) in [5.74, 6) is 0.385. The Bertz CT molecular complexity index is 941. The van der Waals surface area contributed by atoms with Crippen LogP contribution in [0.4, 0.5) is 0 Å². The van der Waals surface area contributed by atoms with E-state index < -0.39 is 0 Å². The van der Waals surface area contributed by atoms with Crippen molar-refractivity contribution in [3.05, 3.63) is 52.3 Å². The largest absolute Gasteiger partial charge is 0.351 e. The molecule has 0 aliphatic heterocycles. The molecule has 0 spiro atoms. The Morgan fingerprint density at radius 1 is 1.12 bits per heavy atom. The third-order valence-electron chi connectivity index (χ3n) is 4.58. The van der Waals surface area contributed by atoms with Crippen molar-refractivity contribution in [2.45, 2.75) is 32.9 Å². The molecule has 0 aliphatic rings. The highest BCUT2D eigenvalue weighted by molar-refractivity contribution is 7.99. The van der Waals surface area contributed by atoms with Crippen LogP contribution in [0.5, 0.6) is 0 Å². The van der Waals surface area contributed by atoms with Crippen LogP contribution >= 0.6 is 11.8 Å². The van der Waals surface area contributed by atoms with Gasteiger partial charge in [0.25, 0.3) is 0 Å². The van der Waals surface area contributed by atoms with E-state index in [0.29, 0.717) is 10.9 Å². The Morgan fingerprint density at radius 2 is 1.88 bits per heavy atom. The van der Waals surface area contributed by atoms with Crippen molar-refractivity contribution in [1.82, 2.24) is 24.8 Å². The molecule has 0 atom stereocenters. The molecule has 6 nitrogen and oxygen atoms in total. The maximum atomic E-state index is 12.6. The van der Waals surface area contributed by atoms with Crippen LogP contribution in [0.15, 0.2) is 29.4 Å². The average molecular weight is 355 g/mol. The van der Waals surface area contributed by atoms with Crippen molar-refractivity contribution in [3.63, 3.8) is 0 Å². The number of aromatic nitrogens is 5. The minimum Gasteiger partial charge on any atom is -0.351 e. The molecule has 0 radical (unpaired) electrons. The summed E-state index contributed by atoms with van der Waals surface area (Å²) in [6.07, 6.45) is 0. The maximum Gasteiger partial charge on any atom is 0.214 e. The third-order valence-corrected chi connectivity index (χ3v) is 5.50. The summed E-state index contributed by atoms with van der Waals surface area (Å²) >= 11 is 1.35. The van der Waals surface area contributed by atoms with E-state index in [0.717, 1.165) is 22.6 Å². The van der Waals surface area contributed by atoms with Gasteiger partial charge in [0.1, 0.15) is 0 Å². The molecule has 0 aliphatic carbocycles. The number of tetrazole rings is 1. The summed E-state index contributed by atoms with van der Waals surface area (Å²) in [5, 5.41) is 12.5. The Morgan fingerprint density at radius 3 is 2.52 bits per heavy atom. The van der Waals surface area contributed by atoms with Crippen LogP contribution in [0.25, 0.3) is 5.69 Å². The number of hydrogen-bond donors (Lipinski definition) is 0. The molecule has 0 N–H and O–H groups in total. The molecule has 130 valence electrons. The molecule has 2 heterocycles. The summed E-state index contributed by atoms with van der Waals surface area (Å²) < 4.78 is 3.70. The van der Waals surface area contributed by atoms with Crippen molar-refractivity contribution in [2.75, 3.05) is 5.75 Å².